The van der Waals surface area contributed by atoms with Crippen LogP contribution in [0.25, 0.3) is 0 Å². The molecule has 0 aliphatic rings. The van der Waals surface area contributed by atoms with Gasteiger partial charge >= 0.3 is 5.97 Å². The Morgan fingerprint density at radius 3 is 2.50 bits per heavy atom. The van der Waals surface area contributed by atoms with E-state index in [1.807, 2.05) is 0 Å². The zero-order chi connectivity index (χ0) is 9.61. The Kier molecular flexibility index (Phi) is 5.13. The fourth-order valence-electron chi connectivity index (χ4n) is 0.596. The van der Waals surface area contributed by atoms with Crippen molar-refractivity contribution in [2.24, 2.45) is 0 Å². The monoisotopic (exact) mass is 195 g/mol. The highest BCUT2D eigenvalue weighted by Crippen LogP contribution is 2.34. The average Bonchev–Trinajstić information content (AvgIpc) is 2.00. The lowest BCUT2D eigenvalue weighted by atomic mass is 10.7. The van der Waals surface area contributed by atoms with Crippen LogP contribution in [-0.4, -0.2) is 39.7 Å². The Labute approximate surface area is 71.8 Å². The average molecular weight is 195 g/mol. The molecule has 0 fully saturated rings. The SMILES string of the molecule is COCP(C)(=O)NCC(=O)OC. The highest BCUT2D eigenvalue weighted by molar-refractivity contribution is 7.60. The topological polar surface area (TPSA) is 64.6 Å². The molecule has 5 nitrogen and oxygen atoms in total. The van der Waals surface area contributed by atoms with Crippen molar-refractivity contribution in [1.29, 1.82) is 0 Å². The molecule has 0 aromatic carbocycles. The molecule has 0 spiro atoms. The van der Waals surface area contributed by atoms with E-state index in [4.69, 9.17) is 4.74 Å². The molecule has 0 aliphatic heterocycles. The van der Waals surface area contributed by atoms with E-state index in [0.717, 1.165) is 0 Å². The summed E-state index contributed by atoms with van der Waals surface area (Å²) in [6, 6.07) is 0. The molecule has 0 aromatic heterocycles. The first-order valence-electron chi connectivity index (χ1n) is 3.39. The van der Waals surface area contributed by atoms with Crippen molar-refractivity contribution in [2.45, 2.75) is 0 Å². The third kappa shape index (κ3) is 5.29. The number of carbonyl (C=O) groups is 1. The summed E-state index contributed by atoms with van der Waals surface area (Å²) >= 11 is 0. The maximum absolute atomic E-state index is 11.4. The molecule has 0 radical (unpaired) electrons. The standard InChI is InChI=1S/C6H14NO4P/c1-10-5-12(3,9)7-4-6(8)11-2/h4-5H2,1-3H3,(H,7,9). The van der Waals surface area contributed by atoms with Gasteiger partial charge in [0.25, 0.3) is 0 Å². The first kappa shape index (κ1) is 11.6. The molecule has 0 saturated carbocycles. The Balaban J connectivity index is 3.75. The third-order valence-corrected chi connectivity index (χ3v) is 2.74. The van der Waals surface area contributed by atoms with Gasteiger partial charge in [0.15, 0.2) is 7.29 Å². The lowest BCUT2D eigenvalue weighted by molar-refractivity contribution is -0.139. The second kappa shape index (κ2) is 5.30. The molecule has 0 bridgehead atoms. The molecule has 1 atom stereocenters. The summed E-state index contributed by atoms with van der Waals surface area (Å²) in [7, 11) is 0.200. The minimum Gasteiger partial charge on any atom is -0.468 e. The molecule has 0 amide bonds. The summed E-state index contributed by atoms with van der Waals surface area (Å²) in [5, 5.41) is 2.57. The lowest BCUT2D eigenvalue weighted by Crippen LogP contribution is -2.22. The van der Waals surface area contributed by atoms with Crippen molar-refractivity contribution < 1.29 is 18.8 Å². The summed E-state index contributed by atoms with van der Waals surface area (Å²) < 4.78 is 20.4. The minimum atomic E-state index is -2.53. The van der Waals surface area contributed by atoms with Gasteiger partial charge in [0.2, 0.25) is 0 Å². The van der Waals surface area contributed by atoms with E-state index in [-0.39, 0.29) is 12.9 Å². The number of nitrogens with one attached hydrogen (secondary N) is 1. The van der Waals surface area contributed by atoms with Crippen LogP contribution in [0.1, 0.15) is 0 Å². The number of hydrogen-bond donors (Lipinski definition) is 1. The van der Waals surface area contributed by atoms with Crippen LogP contribution in [0, 0.1) is 0 Å². The summed E-state index contributed by atoms with van der Waals surface area (Å²) in [5.74, 6) is -0.437. The molecular formula is C6H14NO4P. The molecule has 72 valence electrons. The highest BCUT2D eigenvalue weighted by atomic mass is 31.2. The van der Waals surface area contributed by atoms with Crippen LogP contribution in [0.2, 0.25) is 0 Å². The van der Waals surface area contributed by atoms with Gasteiger partial charge in [-0.3, -0.25) is 9.88 Å². The molecule has 0 rings (SSSR count). The summed E-state index contributed by atoms with van der Waals surface area (Å²) in [5.41, 5.74) is 0. The molecule has 0 heterocycles. The fraction of sp³-hybridized carbons (Fsp3) is 0.833. The maximum Gasteiger partial charge on any atom is 0.320 e. The molecule has 1 unspecified atom stereocenters. The predicted octanol–water partition coefficient (Wildman–Crippen LogP) is 0.261. The fourth-order valence-corrected chi connectivity index (χ4v) is 1.64. The van der Waals surface area contributed by atoms with Gasteiger partial charge in [0.1, 0.15) is 6.35 Å². The van der Waals surface area contributed by atoms with Gasteiger partial charge in [0.05, 0.1) is 13.7 Å². The van der Waals surface area contributed by atoms with E-state index in [1.165, 1.54) is 20.9 Å². The largest absolute Gasteiger partial charge is 0.468 e. The zero-order valence-corrected chi connectivity index (χ0v) is 8.39. The van der Waals surface area contributed by atoms with Gasteiger partial charge in [-0.2, -0.15) is 0 Å². The smallest absolute Gasteiger partial charge is 0.320 e. The van der Waals surface area contributed by atoms with E-state index >= 15 is 0 Å². The third-order valence-electron chi connectivity index (χ3n) is 1.16. The van der Waals surface area contributed by atoms with Crippen LogP contribution in [0.4, 0.5) is 0 Å². The van der Waals surface area contributed by atoms with Gasteiger partial charge in [-0.15, -0.1) is 0 Å². The van der Waals surface area contributed by atoms with Crippen molar-refractivity contribution in [3.8, 4) is 0 Å². The van der Waals surface area contributed by atoms with E-state index < -0.39 is 13.3 Å². The van der Waals surface area contributed by atoms with Crippen molar-refractivity contribution in [3.63, 3.8) is 0 Å². The number of methoxy groups -OCH3 is 2. The Morgan fingerprint density at radius 1 is 1.50 bits per heavy atom. The normalized spacial score (nSPS) is 15.2. The van der Waals surface area contributed by atoms with Gasteiger partial charge < -0.3 is 14.0 Å². The van der Waals surface area contributed by atoms with Gasteiger partial charge in [-0.25, -0.2) is 0 Å². The molecule has 0 aromatic rings. The maximum atomic E-state index is 11.4. The van der Waals surface area contributed by atoms with Gasteiger partial charge in [-0.1, -0.05) is 0 Å². The molecule has 6 heteroatoms. The van der Waals surface area contributed by atoms with Crippen LogP contribution in [0.3, 0.4) is 0 Å². The van der Waals surface area contributed by atoms with E-state index in [1.54, 1.807) is 0 Å². The molecule has 0 aliphatic carbocycles. The first-order valence-corrected chi connectivity index (χ1v) is 5.73. The van der Waals surface area contributed by atoms with Crippen LogP contribution >= 0.6 is 7.29 Å². The van der Waals surface area contributed by atoms with Crippen LogP contribution in [0.15, 0.2) is 0 Å². The highest BCUT2D eigenvalue weighted by Gasteiger charge is 2.15. The number of hydrogen-bond acceptors (Lipinski definition) is 4. The summed E-state index contributed by atoms with van der Waals surface area (Å²) in [6.45, 7) is 1.47. The van der Waals surface area contributed by atoms with Crippen LogP contribution in [-0.2, 0) is 18.8 Å². The second-order valence-corrected chi connectivity index (χ2v) is 5.21. The molecule has 1 N–H and O–H groups in total. The van der Waals surface area contributed by atoms with E-state index in [9.17, 15) is 9.36 Å². The lowest BCUT2D eigenvalue weighted by Gasteiger charge is -2.12. The Morgan fingerprint density at radius 2 is 2.08 bits per heavy atom. The summed E-state index contributed by atoms with van der Waals surface area (Å²) in [6.07, 6.45) is 0.115. The van der Waals surface area contributed by atoms with Crippen LogP contribution in [0.5, 0.6) is 0 Å². The number of rotatable bonds is 5. The number of ether oxygens (including phenoxy) is 2. The van der Waals surface area contributed by atoms with Crippen LogP contribution < -0.4 is 5.09 Å². The van der Waals surface area contributed by atoms with Crippen molar-refractivity contribution in [3.05, 3.63) is 0 Å². The second-order valence-electron chi connectivity index (χ2n) is 2.43. The zero-order valence-electron chi connectivity index (χ0n) is 7.49. The summed E-state index contributed by atoms with van der Waals surface area (Å²) in [4.78, 5) is 10.6. The minimum absolute atomic E-state index is 0.0480. The molecule has 0 saturated heterocycles. The Bertz CT molecular complexity index is 194. The molecular weight excluding hydrogens is 181 g/mol. The van der Waals surface area contributed by atoms with Crippen molar-refractivity contribution in [2.75, 3.05) is 33.8 Å². The van der Waals surface area contributed by atoms with E-state index in [2.05, 4.69) is 9.82 Å². The number of carbonyl (C=O) groups excluding carboxylic acids is 1. The Hall–Kier alpha value is -0.380. The van der Waals surface area contributed by atoms with Crippen molar-refractivity contribution in [1.82, 2.24) is 5.09 Å². The van der Waals surface area contributed by atoms with Crippen molar-refractivity contribution >= 4 is 13.3 Å². The predicted molar refractivity (Wildman–Crippen MR) is 45.4 cm³/mol. The quantitative estimate of drug-likeness (QED) is 0.503. The van der Waals surface area contributed by atoms with Gasteiger partial charge in [-0.05, 0) is 0 Å². The van der Waals surface area contributed by atoms with E-state index in [0.29, 0.717) is 0 Å². The molecule has 12 heavy (non-hydrogen) atoms. The van der Waals surface area contributed by atoms with Gasteiger partial charge in [0, 0.05) is 13.8 Å². The number of esters is 1. The first-order chi connectivity index (χ1) is 5.52.